The molecule has 3 rings (SSSR count). The standard InChI is InChI=1S/C14H12N2O2/c17-11-7-14(18)16(9-11)8-10-3-1-5-13-12(10)4-2-6-15-13/h1-6H,7-9H2. The number of nitrogens with zero attached hydrogens (tertiary/aromatic N) is 2. The number of benzene rings is 1. The van der Waals surface area contributed by atoms with Crippen molar-refractivity contribution in [1.82, 2.24) is 9.88 Å². The minimum atomic E-state index is -0.0825. The molecule has 1 fully saturated rings. The lowest BCUT2D eigenvalue weighted by atomic mass is 10.1. The monoisotopic (exact) mass is 240 g/mol. The molecule has 2 heterocycles. The number of ketones is 1. The van der Waals surface area contributed by atoms with Gasteiger partial charge in [-0.3, -0.25) is 14.6 Å². The van der Waals surface area contributed by atoms with Gasteiger partial charge in [0.15, 0.2) is 5.78 Å². The molecule has 0 spiro atoms. The third-order valence-electron chi connectivity index (χ3n) is 3.17. The molecule has 4 nitrogen and oxygen atoms in total. The van der Waals surface area contributed by atoms with Gasteiger partial charge in [0.05, 0.1) is 18.5 Å². The molecule has 0 aliphatic carbocycles. The zero-order valence-corrected chi connectivity index (χ0v) is 9.80. The molecule has 4 heteroatoms. The van der Waals surface area contributed by atoms with E-state index in [0.717, 1.165) is 16.5 Å². The summed E-state index contributed by atoms with van der Waals surface area (Å²) in [7, 11) is 0. The summed E-state index contributed by atoms with van der Waals surface area (Å²) in [6, 6.07) is 9.70. The minimum absolute atomic E-state index is 0.00152. The number of hydrogen-bond donors (Lipinski definition) is 0. The first-order valence-electron chi connectivity index (χ1n) is 5.86. The zero-order valence-electron chi connectivity index (χ0n) is 9.80. The van der Waals surface area contributed by atoms with Crippen LogP contribution in [0.1, 0.15) is 12.0 Å². The molecule has 1 aromatic heterocycles. The van der Waals surface area contributed by atoms with Crippen LogP contribution >= 0.6 is 0 Å². The molecular formula is C14H12N2O2. The van der Waals surface area contributed by atoms with Crippen LogP contribution in [0.25, 0.3) is 10.9 Å². The molecule has 0 atom stereocenters. The topological polar surface area (TPSA) is 50.3 Å². The molecule has 1 saturated heterocycles. The first kappa shape index (κ1) is 10.9. The highest BCUT2D eigenvalue weighted by Gasteiger charge is 2.27. The van der Waals surface area contributed by atoms with E-state index in [0.29, 0.717) is 6.54 Å². The second-order valence-corrected chi connectivity index (χ2v) is 4.45. The number of rotatable bonds is 2. The van der Waals surface area contributed by atoms with Crippen molar-refractivity contribution in [3.8, 4) is 0 Å². The highest BCUT2D eigenvalue weighted by atomic mass is 16.2. The van der Waals surface area contributed by atoms with E-state index in [9.17, 15) is 9.59 Å². The Morgan fingerprint density at radius 3 is 2.83 bits per heavy atom. The maximum atomic E-state index is 11.6. The van der Waals surface area contributed by atoms with Gasteiger partial charge in [0.1, 0.15) is 0 Å². The number of likely N-dealkylation sites (tertiary alicyclic amines) is 1. The number of amides is 1. The predicted octanol–water partition coefficient (Wildman–Crippen LogP) is 1.54. The van der Waals surface area contributed by atoms with E-state index in [2.05, 4.69) is 4.98 Å². The summed E-state index contributed by atoms with van der Waals surface area (Å²) in [6.07, 6.45) is 1.79. The van der Waals surface area contributed by atoms with Crippen molar-refractivity contribution in [2.45, 2.75) is 13.0 Å². The first-order valence-corrected chi connectivity index (χ1v) is 5.86. The van der Waals surface area contributed by atoms with E-state index < -0.39 is 0 Å². The number of carbonyl (C=O) groups is 2. The molecule has 2 aromatic rings. The average Bonchev–Trinajstić information content (AvgIpc) is 2.68. The zero-order chi connectivity index (χ0) is 12.5. The van der Waals surface area contributed by atoms with Gasteiger partial charge >= 0.3 is 0 Å². The molecule has 0 radical (unpaired) electrons. The molecule has 0 saturated carbocycles. The summed E-state index contributed by atoms with van der Waals surface area (Å²) in [5.41, 5.74) is 1.94. The molecule has 18 heavy (non-hydrogen) atoms. The number of fused-ring (bicyclic) bond motifs is 1. The van der Waals surface area contributed by atoms with Gasteiger partial charge < -0.3 is 4.90 Å². The normalized spacial score (nSPS) is 15.7. The molecular weight excluding hydrogens is 228 g/mol. The number of carbonyl (C=O) groups excluding carboxylic acids is 2. The van der Waals surface area contributed by atoms with Gasteiger partial charge in [-0.1, -0.05) is 18.2 Å². The van der Waals surface area contributed by atoms with Crippen LogP contribution in [0.3, 0.4) is 0 Å². The van der Waals surface area contributed by atoms with Crippen molar-refractivity contribution in [3.05, 3.63) is 42.1 Å². The molecule has 1 amide bonds. The third kappa shape index (κ3) is 1.86. The van der Waals surface area contributed by atoms with Crippen molar-refractivity contribution in [2.24, 2.45) is 0 Å². The van der Waals surface area contributed by atoms with Crippen LogP contribution in [0.15, 0.2) is 36.5 Å². The summed E-state index contributed by atoms with van der Waals surface area (Å²) in [5.74, 6) is -0.0840. The molecule has 0 N–H and O–H groups in total. The molecule has 0 unspecified atom stereocenters. The summed E-state index contributed by atoms with van der Waals surface area (Å²) >= 11 is 0. The van der Waals surface area contributed by atoms with Crippen molar-refractivity contribution < 1.29 is 9.59 Å². The van der Waals surface area contributed by atoms with Crippen LogP contribution in [0.4, 0.5) is 0 Å². The lowest BCUT2D eigenvalue weighted by Gasteiger charge is -2.15. The van der Waals surface area contributed by atoms with E-state index in [1.165, 1.54) is 0 Å². The lowest BCUT2D eigenvalue weighted by molar-refractivity contribution is -0.128. The van der Waals surface area contributed by atoms with Crippen molar-refractivity contribution in [2.75, 3.05) is 6.54 Å². The van der Waals surface area contributed by atoms with Crippen LogP contribution in [-0.2, 0) is 16.1 Å². The lowest BCUT2D eigenvalue weighted by Crippen LogP contribution is -2.24. The smallest absolute Gasteiger partial charge is 0.230 e. The van der Waals surface area contributed by atoms with Crippen molar-refractivity contribution >= 4 is 22.6 Å². The van der Waals surface area contributed by atoms with Gasteiger partial charge in [0.25, 0.3) is 0 Å². The molecule has 1 aliphatic rings. The molecule has 90 valence electrons. The van der Waals surface area contributed by atoms with Crippen LogP contribution in [0, 0.1) is 0 Å². The van der Waals surface area contributed by atoms with Crippen molar-refractivity contribution in [3.63, 3.8) is 0 Å². The van der Waals surface area contributed by atoms with E-state index in [-0.39, 0.29) is 24.7 Å². The van der Waals surface area contributed by atoms with Gasteiger partial charge in [0.2, 0.25) is 5.91 Å². The van der Waals surface area contributed by atoms with Gasteiger partial charge in [0, 0.05) is 18.1 Å². The first-order chi connectivity index (χ1) is 8.74. The summed E-state index contributed by atoms with van der Waals surface area (Å²) < 4.78 is 0. The minimum Gasteiger partial charge on any atom is -0.331 e. The average molecular weight is 240 g/mol. The van der Waals surface area contributed by atoms with Gasteiger partial charge in [-0.15, -0.1) is 0 Å². The van der Waals surface area contributed by atoms with Crippen LogP contribution in [-0.4, -0.2) is 28.1 Å². The van der Waals surface area contributed by atoms with Gasteiger partial charge in [-0.25, -0.2) is 0 Å². The number of pyridine rings is 1. The Balaban J connectivity index is 1.95. The van der Waals surface area contributed by atoms with Crippen molar-refractivity contribution in [1.29, 1.82) is 0 Å². The van der Waals surface area contributed by atoms with E-state index >= 15 is 0 Å². The third-order valence-corrected chi connectivity index (χ3v) is 3.17. The highest BCUT2D eigenvalue weighted by molar-refractivity contribution is 6.05. The molecule has 1 aromatic carbocycles. The fourth-order valence-corrected chi connectivity index (χ4v) is 2.29. The largest absolute Gasteiger partial charge is 0.331 e. The van der Waals surface area contributed by atoms with E-state index in [4.69, 9.17) is 0 Å². The Hall–Kier alpha value is -2.23. The van der Waals surface area contributed by atoms with Crippen LogP contribution < -0.4 is 0 Å². The molecule has 0 bridgehead atoms. The number of hydrogen-bond acceptors (Lipinski definition) is 3. The van der Waals surface area contributed by atoms with Gasteiger partial charge in [-0.05, 0) is 17.7 Å². The second kappa shape index (κ2) is 4.22. The quantitative estimate of drug-likeness (QED) is 0.748. The van der Waals surface area contributed by atoms with E-state index in [1.54, 1.807) is 11.1 Å². The SMILES string of the molecule is O=C1CC(=O)N(Cc2cccc3ncccc23)C1. The maximum absolute atomic E-state index is 11.6. The summed E-state index contributed by atoms with van der Waals surface area (Å²) in [6.45, 7) is 0.711. The summed E-state index contributed by atoms with van der Waals surface area (Å²) in [4.78, 5) is 28.7. The van der Waals surface area contributed by atoms with Gasteiger partial charge in [-0.2, -0.15) is 0 Å². The number of aromatic nitrogens is 1. The maximum Gasteiger partial charge on any atom is 0.230 e. The fourth-order valence-electron chi connectivity index (χ4n) is 2.29. The highest BCUT2D eigenvalue weighted by Crippen LogP contribution is 2.20. The Morgan fingerprint density at radius 1 is 1.17 bits per heavy atom. The van der Waals surface area contributed by atoms with Crippen LogP contribution in [0.5, 0.6) is 0 Å². The second-order valence-electron chi connectivity index (χ2n) is 4.45. The predicted molar refractivity (Wildman–Crippen MR) is 66.8 cm³/mol. The Bertz CT molecular complexity index is 631. The Morgan fingerprint density at radius 2 is 2.06 bits per heavy atom. The number of Topliss-reactive ketones (excluding diaryl/α,β-unsaturated/α-hetero) is 1. The van der Waals surface area contributed by atoms with Crippen LogP contribution in [0.2, 0.25) is 0 Å². The Labute approximate surface area is 104 Å². The fraction of sp³-hybridized carbons (Fsp3) is 0.214. The Kier molecular flexibility index (Phi) is 2.55. The van der Waals surface area contributed by atoms with E-state index in [1.807, 2.05) is 30.3 Å². The molecule has 1 aliphatic heterocycles. The summed E-state index contributed by atoms with van der Waals surface area (Å²) in [5, 5.41) is 1.03.